The molecule has 0 aliphatic carbocycles. The van der Waals surface area contributed by atoms with E-state index < -0.39 is 26.5 Å². The Balaban J connectivity index is 3.84. The number of quaternary nitrogens is 1. The van der Waals surface area contributed by atoms with Crippen molar-refractivity contribution < 1.29 is 42.1 Å². The van der Waals surface area contributed by atoms with E-state index in [1.165, 1.54) is 366 Å². The molecule has 0 rings (SSSR count). The number of likely N-dealkylation sites (N-methyl/N-ethyl adjacent to an activating group) is 1. The fourth-order valence-electron chi connectivity index (χ4n) is 13.5. The lowest BCUT2D eigenvalue weighted by molar-refractivity contribution is -0.870. The number of esters is 2. The number of ether oxygens (including phenoxy) is 2. The molecular weight excluding hydrogens is 1240 g/mol. The number of phosphoric acid groups is 1. The van der Waals surface area contributed by atoms with Gasteiger partial charge in [0.15, 0.2) is 6.10 Å². The fraction of sp³-hybridized carbons (Fsp3) is 0.888. The Morgan fingerprint density at radius 3 is 0.859 bits per heavy atom. The van der Waals surface area contributed by atoms with E-state index in [-0.39, 0.29) is 25.6 Å². The molecule has 0 aromatic heterocycles. The standard InChI is InChI=1S/C89H170NO8P/c1-6-8-10-12-14-16-18-20-22-24-26-28-30-32-34-36-38-40-42-43-44-45-46-47-48-50-52-54-56-58-60-62-64-66-68-70-72-74-76-78-80-82-89(92)98-87(86-97-99(93,94)96-84-83-90(3,4)5)85-95-88(91)81-79-77-75-73-71-69-67-65-63-61-59-57-55-53-51-49-41-39-37-35-33-31-29-27-25-23-21-19-17-15-13-11-9-7-2/h8,10,14,16,20,22,26,28,87H,6-7,9,11-13,15,17-19,21,23-25,27,29-86H2,1-5H3/p+1/b10-8-,16-14-,22-20-,28-26-. The van der Waals surface area contributed by atoms with E-state index in [1.807, 2.05) is 21.1 Å². The summed E-state index contributed by atoms with van der Waals surface area (Å²) >= 11 is 0. The molecule has 0 fully saturated rings. The number of hydrogen-bond acceptors (Lipinski definition) is 7. The molecule has 99 heavy (non-hydrogen) atoms. The van der Waals surface area contributed by atoms with Crippen LogP contribution in [0.2, 0.25) is 0 Å². The lowest BCUT2D eigenvalue weighted by atomic mass is 10.0. The van der Waals surface area contributed by atoms with Crippen molar-refractivity contribution in [3.05, 3.63) is 48.6 Å². The van der Waals surface area contributed by atoms with Gasteiger partial charge >= 0.3 is 19.8 Å². The monoisotopic (exact) mass is 1410 g/mol. The van der Waals surface area contributed by atoms with Crippen LogP contribution in [0.15, 0.2) is 48.6 Å². The maximum absolute atomic E-state index is 12.9. The van der Waals surface area contributed by atoms with Gasteiger partial charge in [0.05, 0.1) is 27.7 Å². The largest absolute Gasteiger partial charge is 0.472 e. The lowest BCUT2D eigenvalue weighted by Gasteiger charge is -2.24. The van der Waals surface area contributed by atoms with Gasteiger partial charge in [-0.25, -0.2) is 4.57 Å². The number of unbranched alkanes of at least 4 members (excludes halogenated alkanes) is 61. The Hall–Kier alpha value is -2.03. The van der Waals surface area contributed by atoms with Gasteiger partial charge in [-0.05, 0) is 51.4 Å². The number of hydrogen-bond donors (Lipinski definition) is 1. The summed E-state index contributed by atoms with van der Waals surface area (Å²) in [4.78, 5) is 36.0. The molecule has 0 spiro atoms. The second-order valence-corrected chi connectivity index (χ2v) is 32.7. The number of carbonyl (C=O) groups excluding carboxylic acids is 2. The summed E-state index contributed by atoms with van der Waals surface area (Å²) < 4.78 is 34.9. The Labute approximate surface area is 617 Å². The predicted octanol–water partition coefficient (Wildman–Crippen LogP) is 29.5. The van der Waals surface area contributed by atoms with Crippen LogP contribution in [0.4, 0.5) is 0 Å². The van der Waals surface area contributed by atoms with Crippen LogP contribution in [0.1, 0.15) is 457 Å². The van der Waals surface area contributed by atoms with Crippen LogP contribution in [0.25, 0.3) is 0 Å². The fourth-order valence-corrected chi connectivity index (χ4v) is 14.2. The van der Waals surface area contributed by atoms with E-state index in [0.717, 1.165) is 64.2 Å². The average molecular weight is 1410 g/mol. The second-order valence-electron chi connectivity index (χ2n) is 31.3. The van der Waals surface area contributed by atoms with Crippen LogP contribution < -0.4 is 0 Å². The van der Waals surface area contributed by atoms with Gasteiger partial charge in [0.2, 0.25) is 0 Å². The van der Waals surface area contributed by atoms with Gasteiger partial charge in [-0.3, -0.25) is 18.6 Å². The number of phosphoric ester groups is 1. The van der Waals surface area contributed by atoms with E-state index in [9.17, 15) is 19.0 Å². The first-order valence-electron chi connectivity index (χ1n) is 43.9. The normalized spacial score (nSPS) is 13.2. The summed E-state index contributed by atoms with van der Waals surface area (Å²) in [5.74, 6) is -0.767. The first-order chi connectivity index (χ1) is 48.5. The van der Waals surface area contributed by atoms with Crippen LogP contribution >= 0.6 is 7.82 Å². The number of nitrogens with zero attached hydrogens (tertiary/aromatic N) is 1. The Morgan fingerprint density at radius 1 is 0.323 bits per heavy atom. The highest BCUT2D eigenvalue weighted by atomic mass is 31.2. The molecule has 584 valence electrons. The summed E-state index contributed by atoms with van der Waals surface area (Å²) in [6.45, 7) is 4.42. The van der Waals surface area contributed by atoms with Crippen molar-refractivity contribution >= 4 is 19.8 Å². The first-order valence-corrected chi connectivity index (χ1v) is 45.4. The molecular formula is C89H171NO8P+. The van der Waals surface area contributed by atoms with Crippen molar-refractivity contribution in [2.24, 2.45) is 0 Å². The minimum Gasteiger partial charge on any atom is -0.462 e. The Bertz CT molecular complexity index is 1810. The van der Waals surface area contributed by atoms with E-state index >= 15 is 0 Å². The van der Waals surface area contributed by atoms with Crippen molar-refractivity contribution in [1.29, 1.82) is 0 Å². The third kappa shape index (κ3) is 84.8. The molecule has 1 N–H and O–H groups in total. The van der Waals surface area contributed by atoms with Crippen molar-refractivity contribution in [3.63, 3.8) is 0 Å². The number of allylic oxidation sites excluding steroid dienone is 8. The van der Waals surface area contributed by atoms with Crippen LogP contribution in [0.5, 0.6) is 0 Å². The first kappa shape index (κ1) is 97.0. The van der Waals surface area contributed by atoms with Crippen LogP contribution in [0.3, 0.4) is 0 Å². The van der Waals surface area contributed by atoms with Gasteiger partial charge in [-0.15, -0.1) is 0 Å². The third-order valence-electron chi connectivity index (χ3n) is 20.1. The van der Waals surface area contributed by atoms with Gasteiger partial charge in [-0.1, -0.05) is 441 Å². The van der Waals surface area contributed by atoms with Gasteiger partial charge in [0, 0.05) is 12.8 Å². The maximum Gasteiger partial charge on any atom is 0.472 e. The Morgan fingerprint density at radius 2 is 0.576 bits per heavy atom. The topological polar surface area (TPSA) is 108 Å². The summed E-state index contributed by atoms with van der Waals surface area (Å²) in [7, 11) is 1.51. The molecule has 0 aromatic rings. The van der Waals surface area contributed by atoms with Gasteiger partial charge in [0.1, 0.15) is 19.8 Å². The molecule has 0 aromatic carbocycles. The smallest absolute Gasteiger partial charge is 0.462 e. The SMILES string of the molecule is CC/C=C\C/C=C\C/C=C\C/C=C\CCCCCCCCCCCCCCCCCCCCCCCCCCCCCCC(=O)OC(COC(=O)CCCCCCCCCCCCCCCCCCCCCCCCCCCCCCCCCCCC)COP(=O)(O)OCC[N+](C)(C)C. The Kier molecular flexibility index (Phi) is 78.4. The summed E-state index contributed by atoms with van der Waals surface area (Å²) in [5, 5.41) is 0. The average Bonchev–Trinajstić information content (AvgIpc) is 0.987. The van der Waals surface area contributed by atoms with Gasteiger partial charge < -0.3 is 18.9 Å². The van der Waals surface area contributed by atoms with E-state index in [4.69, 9.17) is 18.5 Å². The van der Waals surface area contributed by atoms with Crippen molar-refractivity contribution in [3.8, 4) is 0 Å². The zero-order valence-corrected chi connectivity index (χ0v) is 67.9. The van der Waals surface area contributed by atoms with E-state index in [1.54, 1.807) is 0 Å². The molecule has 9 nitrogen and oxygen atoms in total. The maximum atomic E-state index is 12.9. The molecule has 10 heteroatoms. The molecule has 2 atom stereocenters. The highest BCUT2D eigenvalue weighted by Gasteiger charge is 2.27. The van der Waals surface area contributed by atoms with Crippen molar-refractivity contribution in [1.82, 2.24) is 0 Å². The third-order valence-corrected chi connectivity index (χ3v) is 21.1. The molecule has 0 aliphatic rings. The molecule has 0 aliphatic heterocycles. The highest BCUT2D eigenvalue weighted by Crippen LogP contribution is 2.43. The number of carbonyl (C=O) groups is 2. The van der Waals surface area contributed by atoms with Crippen LogP contribution in [0, 0.1) is 0 Å². The molecule has 0 saturated heterocycles. The zero-order valence-electron chi connectivity index (χ0n) is 67.0. The minimum atomic E-state index is -4.39. The molecule has 0 amide bonds. The van der Waals surface area contributed by atoms with Crippen molar-refractivity contribution in [2.75, 3.05) is 47.5 Å². The van der Waals surface area contributed by atoms with Gasteiger partial charge in [0.25, 0.3) is 0 Å². The molecule has 0 heterocycles. The lowest BCUT2D eigenvalue weighted by Crippen LogP contribution is -2.37. The van der Waals surface area contributed by atoms with Crippen molar-refractivity contribution in [2.45, 2.75) is 463 Å². The van der Waals surface area contributed by atoms with Crippen LogP contribution in [-0.4, -0.2) is 74.9 Å². The van der Waals surface area contributed by atoms with E-state index in [2.05, 4.69) is 62.5 Å². The second kappa shape index (κ2) is 80.1. The summed E-state index contributed by atoms with van der Waals surface area (Å²) in [6, 6.07) is 0. The quantitative estimate of drug-likeness (QED) is 0.0211. The molecule has 0 radical (unpaired) electrons. The van der Waals surface area contributed by atoms with E-state index in [0.29, 0.717) is 17.4 Å². The zero-order chi connectivity index (χ0) is 71.8. The molecule has 2 unspecified atom stereocenters. The summed E-state index contributed by atoms with van der Waals surface area (Å²) in [5.41, 5.74) is 0. The molecule has 0 saturated carbocycles. The van der Waals surface area contributed by atoms with Crippen LogP contribution in [-0.2, 0) is 32.7 Å². The van der Waals surface area contributed by atoms with Gasteiger partial charge in [-0.2, -0.15) is 0 Å². The summed E-state index contributed by atoms with van der Waals surface area (Å²) in [6.07, 6.45) is 107. The predicted molar refractivity (Wildman–Crippen MR) is 432 cm³/mol. The minimum absolute atomic E-state index is 0.0359. The molecule has 0 bridgehead atoms. The highest BCUT2D eigenvalue weighted by molar-refractivity contribution is 7.47. The number of rotatable bonds is 83.